The van der Waals surface area contributed by atoms with Crippen molar-refractivity contribution in [1.82, 2.24) is 4.98 Å². The van der Waals surface area contributed by atoms with Crippen LogP contribution >= 0.6 is 0 Å². The number of pyridine rings is 1. The predicted molar refractivity (Wildman–Crippen MR) is 76.4 cm³/mol. The molecule has 0 aliphatic heterocycles. The van der Waals surface area contributed by atoms with Crippen LogP contribution < -0.4 is 4.31 Å². The van der Waals surface area contributed by atoms with Crippen molar-refractivity contribution in [2.45, 2.75) is 5.75 Å². The van der Waals surface area contributed by atoms with E-state index in [1.54, 1.807) is 42.5 Å². The van der Waals surface area contributed by atoms with Gasteiger partial charge in [0.2, 0.25) is 10.0 Å². The Balaban J connectivity index is 2.31. The lowest BCUT2D eigenvalue weighted by molar-refractivity contribution is 0.593. The molecule has 1 aromatic carbocycles. The van der Waals surface area contributed by atoms with Gasteiger partial charge >= 0.3 is 0 Å². The molecule has 2 rings (SSSR count). The number of rotatable bonds is 4. The Morgan fingerprint density at radius 1 is 1.20 bits per heavy atom. The lowest BCUT2D eigenvalue weighted by Crippen LogP contribution is -2.28. The number of hydrogen-bond acceptors (Lipinski definition) is 4. The van der Waals surface area contributed by atoms with Crippen LogP contribution in [-0.2, 0) is 15.8 Å². The molecule has 0 saturated heterocycles. The maximum Gasteiger partial charge on any atom is 0.240 e. The molecule has 1 aromatic heterocycles. The second-order valence-corrected chi connectivity index (χ2v) is 6.18. The highest BCUT2D eigenvalue weighted by molar-refractivity contribution is 7.92. The standard InChI is InChI=1S/C14H13N3O2S/c1-17(14-8-4-5-9-16-14)20(18,19)11-13-7-3-2-6-12(13)10-15/h2-9H,11H2,1H3. The van der Waals surface area contributed by atoms with Gasteiger partial charge in [-0.2, -0.15) is 5.26 Å². The first kappa shape index (κ1) is 14.0. The fourth-order valence-corrected chi connectivity index (χ4v) is 2.96. The molecule has 0 N–H and O–H groups in total. The van der Waals surface area contributed by atoms with Crippen molar-refractivity contribution in [2.24, 2.45) is 0 Å². The summed E-state index contributed by atoms with van der Waals surface area (Å²) < 4.78 is 25.8. The molecule has 1 heterocycles. The molecule has 0 bridgehead atoms. The molecule has 0 aliphatic carbocycles. The summed E-state index contributed by atoms with van der Waals surface area (Å²) in [5.74, 6) is 0.117. The average molecular weight is 287 g/mol. The van der Waals surface area contributed by atoms with Gasteiger partial charge in [0.05, 0.1) is 17.4 Å². The Morgan fingerprint density at radius 2 is 1.90 bits per heavy atom. The van der Waals surface area contributed by atoms with E-state index in [1.165, 1.54) is 13.2 Å². The van der Waals surface area contributed by atoms with E-state index >= 15 is 0 Å². The quantitative estimate of drug-likeness (QED) is 0.861. The van der Waals surface area contributed by atoms with Gasteiger partial charge in [-0.15, -0.1) is 0 Å². The van der Waals surface area contributed by atoms with Crippen LogP contribution in [-0.4, -0.2) is 20.4 Å². The lowest BCUT2D eigenvalue weighted by atomic mass is 10.1. The van der Waals surface area contributed by atoms with Crippen molar-refractivity contribution in [1.29, 1.82) is 5.26 Å². The molecule has 0 atom stereocenters. The minimum Gasteiger partial charge on any atom is -0.257 e. The molecule has 0 spiro atoms. The topological polar surface area (TPSA) is 74.1 Å². The van der Waals surface area contributed by atoms with E-state index in [9.17, 15) is 8.42 Å². The maximum atomic E-state index is 12.3. The summed E-state index contributed by atoms with van der Waals surface area (Å²) in [4.78, 5) is 4.01. The zero-order chi connectivity index (χ0) is 14.6. The van der Waals surface area contributed by atoms with E-state index in [1.807, 2.05) is 6.07 Å². The largest absolute Gasteiger partial charge is 0.257 e. The van der Waals surface area contributed by atoms with Gasteiger partial charge in [-0.05, 0) is 23.8 Å². The minimum absolute atomic E-state index is 0.232. The van der Waals surface area contributed by atoms with Gasteiger partial charge in [0.15, 0.2) is 0 Å². The van der Waals surface area contributed by atoms with Gasteiger partial charge in [-0.1, -0.05) is 24.3 Å². The minimum atomic E-state index is -3.58. The summed E-state index contributed by atoms with van der Waals surface area (Å²) in [6.45, 7) is 0. The van der Waals surface area contributed by atoms with E-state index in [4.69, 9.17) is 5.26 Å². The van der Waals surface area contributed by atoms with Gasteiger partial charge in [0.1, 0.15) is 5.82 Å². The first-order valence-electron chi connectivity index (χ1n) is 5.90. The molecule has 0 unspecified atom stereocenters. The molecule has 102 valence electrons. The van der Waals surface area contributed by atoms with Crippen molar-refractivity contribution in [3.05, 3.63) is 59.8 Å². The van der Waals surface area contributed by atoms with Crippen molar-refractivity contribution in [2.75, 3.05) is 11.4 Å². The van der Waals surface area contributed by atoms with Crippen LogP contribution in [0.25, 0.3) is 0 Å². The molecular formula is C14H13N3O2S. The molecule has 20 heavy (non-hydrogen) atoms. The smallest absolute Gasteiger partial charge is 0.240 e. The highest BCUT2D eigenvalue weighted by Crippen LogP contribution is 2.18. The van der Waals surface area contributed by atoms with Gasteiger partial charge < -0.3 is 0 Å². The Hall–Kier alpha value is -2.39. The van der Waals surface area contributed by atoms with Gasteiger partial charge in [-0.3, -0.25) is 4.31 Å². The van der Waals surface area contributed by atoms with E-state index in [2.05, 4.69) is 4.98 Å². The SMILES string of the molecule is CN(c1ccccn1)S(=O)(=O)Cc1ccccc1C#N. The number of benzene rings is 1. The zero-order valence-electron chi connectivity index (χ0n) is 10.9. The Morgan fingerprint density at radius 3 is 2.55 bits per heavy atom. The molecule has 0 saturated carbocycles. The van der Waals surface area contributed by atoms with E-state index in [0.29, 0.717) is 16.9 Å². The molecule has 0 radical (unpaired) electrons. The van der Waals surface area contributed by atoms with Crippen molar-refractivity contribution in [3.63, 3.8) is 0 Å². The Kier molecular flexibility index (Phi) is 4.01. The van der Waals surface area contributed by atoms with Crippen molar-refractivity contribution in [3.8, 4) is 6.07 Å². The zero-order valence-corrected chi connectivity index (χ0v) is 11.7. The average Bonchev–Trinajstić information content (AvgIpc) is 2.47. The normalized spacial score (nSPS) is 10.8. The predicted octanol–water partition coefficient (Wildman–Crippen LogP) is 1.92. The first-order valence-corrected chi connectivity index (χ1v) is 7.51. The number of nitriles is 1. The Bertz CT molecular complexity index is 737. The van der Waals surface area contributed by atoms with Crippen LogP contribution in [0.5, 0.6) is 0 Å². The maximum absolute atomic E-state index is 12.3. The molecule has 2 aromatic rings. The van der Waals surface area contributed by atoms with Gasteiger partial charge in [-0.25, -0.2) is 13.4 Å². The summed E-state index contributed by atoms with van der Waals surface area (Å²) in [5.41, 5.74) is 0.850. The monoisotopic (exact) mass is 287 g/mol. The molecule has 0 fully saturated rings. The number of aromatic nitrogens is 1. The van der Waals surface area contributed by atoms with Crippen molar-refractivity contribution >= 4 is 15.8 Å². The van der Waals surface area contributed by atoms with E-state index in [-0.39, 0.29) is 5.75 Å². The van der Waals surface area contributed by atoms with Crippen LogP contribution in [0.4, 0.5) is 5.82 Å². The lowest BCUT2D eigenvalue weighted by Gasteiger charge is -2.18. The molecular weight excluding hydrogens is 274 g/mol. The number of sulfonamides is 1. The third kappa shape index (κ3) is 2.95. The first-order chi connectivity index (χ1) is 9.54. The highest BCUT2D eigenvalue weighted by atomic mass is 32.2. The summed E-state index contributed by atoms with van der Waals surface area (Å²) in [7, 11) is -2.13. The number of hydrogen-bond donors (Lipinski definition) is 0. The molecule has 5 nitrogen and oxygen atoms in total. The van der Waals surface area contributed by atoms with Crippen LogP contribution in [0.1, 0.15) is 11.1 Å². The van der Waals surface area contributed by atoms with Crippen LogP contribution in [0.2, 0.25) is 0 Å². The third-order valence-electron chi connectivity index (χ3n) is 2.86. The molecule has 6 heteroatoms. The van der Waals surface area contributed by atoms with E-state index in [0.717, 1.165) is 4.31 Å². The van der Waals surface area contributed by atoms with Gasteiger partial charge in [0, 0.05) is 13.2 Å². The highest BCUT2D eigenvalue weighted by Gasteiger charge is 2.21. The van der Waals surface area contributed by atoms with Crippen LogP contribution in [0.3, 0.4) is 0 Å². The summed E-state index contributed by atoms with van der Waals surface area (Å²) in [5, 5.41) is 9.00. The number of anilines is 1. The third-order valence-corrected chi connectivity index (χ3v) is 4.56. The van der Waals surface area contributed by atoms with Crippen LogP contribution in [0.15, 0.2) is 48.7 Å². The molecule has 0 amide bonds. The molecule has 0 aliphatic rings. The summed E-state index contributed by atoms with van der Waals surface area (Å²) in [6, 6.07) is 13.7. The number of nitrogens with zero attached hydrogens (tertiary/aromatic N) is 3. The fourth-order valence-electron chi connectivity index (χ4n) is 1.73. The van der Waals surface area contributed by atoms with E-state index < -0.39 is 10.0 Å². The second-order valence-electron chi connectivity index (χ2n) is 4.18. The van der Waals surface area contributed by atoms with Crippen molar-refractivity contribution < 1.29 is 8.42 Å². The Labute approximate surface area is 118 Å². The second kappa shape index (κ2) is 5.72. The summed E-state index contributed by atoms with van der Waals surface area (Å²) >= 11 is 0. The fraction of sp³-hybridized carbons (Fsp3) is 0.143. The van der Waals surface area contributed by atoms with Gasteiger partial charge in [0.25, 0.3) is 0 Å². The summed E-state index contributed by atoms with van der Waals surface area (Å²) in [6.07, 6.45) is 1.53. The van der Waals surface area contributed by atoms with Crippen LogP contribution in [0, 0.1) is 11.3 Å².